The van der Waals surface area contributed by atoms with Crippen molar-refractivity contribution >= 4 is 35.3 Å². The molecule has 0 amide bonds. The minimum absolute atomic E-state index is 0.0115. The van der Waals surface area contributed by atoms with E-state index in [9.17, 15) is 39.0 Å². The predicted octanol–water partition coefficient (Wildman–Crippen LogP) is 10.5. The Morgan fingerprint density at radius 2 is 0.949 bits per heavy atom. The molecule has 0 fully saturated rings. The van der Waals surface area contributed by atoms with E-state index in [1.165, 1.54) is 13.8 Å². The van der Waals surface area contributed by atoms with Crippen LogP contribution in [0.5, 0.6) is 0 Å². The quantitative estimate of drug-likeness (QED) is 0.0382. The molecule has 1 rings (SSSR count). The van der Waals surface area contributed by atoms with Crippen molar-refractivity contribution < 1.29 is 57.9 Å². The van der Waals surface area contributed by atoms with E-state index in [1.807, 2.05) is 0 Å². The van der Waals surface area contributed by atoms with Gasteiger partial charge < -0.3 is 29.2 Å². The van der Waals surface area contributed by atoms with Gasteiger partial charge in [0.1, 0.15) is 16.8 Å². The van der Waals surface area contributed by atoms with Crippen LogP contribution in [0.4, 0.5) is 0 Å². The third-order valence-electron chi connectivity index (χ3n) is 11.2. The highest BCUT2D eigenvalue weighted by Gasteiger charge is 2.35. The average molecular weight is 833 g/mol. The molecule has 1 aromatic rings. The molecule has 0 heterocycles. The topological polar surface area (TPSA) is 180 Å². The molecule has 0 bridgehead atoms. The van der Waals surface area contributed by atoms with E-state index in [0.29, 0.717) is 76.4 Å². The Balaban J connectivity index is 2.76. The van der Waals surface area contributed by atoms with Crippen molar-refractivity contribution in [3.8, 4) is 0 Å². The number of carboxylic acids is 2. The van der Waals surface area contributed by atoms with Crippen molar-refractivity contribution in [1.82, 2.24) is 0 Å². The van der Waals surface area contributed by atoms with Crippen molar-refractivity contribution in [3.05, 3.63) is 34.4 Å². The zero-order valence-corrected chi connectivity index (χ0v) is 37.9. The van der Waals surface area contributed by atoms with Gasteiger partial charge in [-0.05, 0) is 110 Å². The minimum atomic E-state index is -1.54. The molecular formula is C47H76O12. The van der Waals surface area contributed by atoms with Crippen LogP contribution >= 0.6 is 0 Å². The first kappa shape index (κ1) is 53.5. The summed E-state index contributed by atoms with van der Waals surface area (Å²) in [5, 5.41) is 20.0. The van der Waals surface area contributed by atoms with E-state index < -0.39 is 62.7 Å². The average Bonchev–Trinajstić information content (AvgIpc) is 3.19. The lowest BCUT2D eigenvalue weighted by molar-refractivity contribution is -0.142. The lowest BCUT2D eigenvalue weighted by Gasteiger charge is -2.27. The predicted molar refractivity (Wildman–Crippen MR) is 229 cm³/mol. The maximum atomic E-state index is 13.7. The highest BCUT2D eigenvalue weighted by Crippen LogP contribution is 2.27. The normalized spacial score (nSPS) is 13.2. The standard InChI is InChI=1S/C47H76O12/c1-11-15-23-33(13-3)31-58-45(5,6)39(48)25-19-17-21-27-56-44(55)38-30-36(42(51)52)35(29-37(38)43(53)54)41(50)47(9,10)57-28-22-18-20-26-40(49)46(7,8)59-32-34(14-4)24-16-12-2/h29-30,33-34H,11-28,31-32H2,1-10H3,(H,51,52)(H,53,54). The van der Waals surface area contributed by atoms with Gasteiger partial charge in [0, 0.05) is 25.0 Å². The van der Waals surface area contributed by atoms with E-state index >= 15 is 0 Å². The maximum Gasteiger partial charge on any atom is 0.339 e. The van der Waals surface area contributed by atoms with Crippen LogP contribution in [-0.4, -0.2) is 88.7 Å². The molecule has 0 radical (unpaired) electrons. The summed E-state index contributed by atoms with van der Waals surface area (Å²) in [5.41, 5.74) is -5.35. The second-order valence-electron chi connectivity index (χ2n) is 17.3. The number of carbonyl (C=O) groups is 6. The molecule has 12 heteroatoms. The van der Waals surface area contributed by atoms with Crippen LogP contribution in [-0.2, 0) is 28.5 Å². The smallest absolute Gasteiger partial charge is 0.339 e. The lowest BCUT2D eigenvalue weighted by atomic mass is 9.89. The Kier molecular flexibility index (Phi) is 24.2. The fourth-order valence-corrected chi connectivity index (χ4v) is 6.61. The highest BCUT2D eigenvalue weighted by atomic mass is 16.5. The van der Waals surface area contributed by atoms with Crippen LogP contribution in [0.2, 0.25) is 0 Å². The molecule has 0 aliphatic carbocycles. The molecule has 0 saturated heterocycles. The Morgan fingerprint density at radius 1 is 0.525 bits per heavy atom. The number of esters is 1. The van der Waals surface area contributed by atoms with Gasteiger partial charge in [0.25, 0.3) is 0 Å². The van der Waals surface area contributed by atoms with Crippen LogP contribution in [0.3, 0.4) is 0 Å². The fraction of sp³-hybridized carbons (Fsp3) is 0.745. The van der Waals surface area contributed by atoms with E-state index in [1.54, 1.807) is 27.7 Å². The summed E-state index contributed by atoms with van der Waals surface area (Å²) in [7, 11) is 0. The zero-order valence-electron chi connectivity index (χ0n) is 37.9. The first-order valence-electron chi connectivity index (χ1n) is 22.0. The molecule has 0 spiro atoms. The number of ketones is 3. The number of unbranched alkanes of at least 4 members (excludes halogenated alkanes) is 6. The summed E-state index contributed by atoms with van der Waals surface area (Å²) in [5.74, 6) is -4.01. The summed E-state index contributed by atoms with van der Waals surface area (Å²) in [6.45, 7) is 19.8. The number of hydrogen-bond donors (Lipinski definition) is 2. The molecule has 2 unspecified atom stereocenters. The van der Waals surface area contributed by atoms with Crippen LogP contribution in [0.1, 0.15) is 213 Å². The Hall–Kier alpha value is -3.48. The van der Waals surface area contributed by atoms with Gasteiger partial charge in [-0.1, -0.05) is 72.6 Å². The fourth-order valence-electron chi connectivity index (χ4n) is 6.61. The number of carbonyl (C=O) groups excluding carboxylic acids is 4. The van der Waals surface area contributed by atoms with Gasteiger partial charge in [-0.3, -0.25) is 14.4 Å². The van der Waals surface area contributed by atoms with Gasteiger partial charge in [0.05, 0.1) is 36.5 Å². The third kappa shape index (κ3) is 18.8. The second-order valence-corrected chi connectivity index (χ2v) is 17.3. The number of aromatic carboxylic acids is 2. The molecule has 2 atom stereocenters. The van der Waals surface area contributed by atoms with Gasteiger partial charge >= 0.3 is 17.9 Å². The molecule has 2 N–H and O–H groups in total. The first-order chi connectivity index (χ1) is 27.7. The van der Waals surface area contributed by atoms with Crippen LogP contribution in [0.15, 0.2) is 12.1 Å². The SMILES string of the molecule is CCCCC(CC)COC(C)(C)C(=O)CCCCCOC(=O)c1cc(C(=O)O)c(C(=O)C(C)(C)OCCCCCC(=O)C(C)(C)OCC(CC)CCCC)cc1C(=O)O. The molecule has 12 nitrogen and oxygen atoms in total. The summed E-state index contributed by atoms with van der Waals surface area (Å²) >= 11 is 0. The van der Waals surface area contributed by atoms with Crippen molar-refractivity contribution in [2.45, 2.75) is 189 Å². The largest absolute Gasteiger partial charge is 0.478 e. The molecule has 1 aromatic carbocycles. The molecule has 0 aliphatic heterocycles. The van der Waals surface area contributed by atoms with Crippen LogP contribution in [0, 0.1) is 11.8 Å². The number of rotatable bonds is 34. The van der Waals surface area contributed by atoms with E-state index in [4.69, 9.17) is 18.9 Å². The summed E-state index contributed by atoms with van der Waals surface area (Å²) < 4.78 is 23.3. The van der Waals surface area contributed by atoms with Crippen molar-refractivity contribution in [2.75, 3.05) is 26.4 Å². The van der Waals surface area contributed by atoms with Gasteiger partial charge in [0.15, 0.2) is 17.3 Å². The molecular weight excluding hydrogens is 757 g/mol. The highest BCUT2D eigenvalue weighted by molar-refractivity contribution is 6.13. The molecule has 59 heavy (non-hydrogen) atoms. The Morgan fingerprint density at radius 3 is 1.37 bits per heavy atom. The monoisotopic (exact) mass is 833 g/mol. The second kappa shape index (κ2) is 26.7. The van der Waals surface area contributed by atoms with Crippen molar-refractivity contribution in [1.29, 1.82) is 0 Å². The van der Waals surface area contributed by atoms with Gasteiger partial charge in [0.2, 0.25) is 0 Å². The molecule has 0 saturated carbocycles. The summed E-state index contributed by atoms with van der Waals surface area (Å²) in [6.07, 6.45) is 12.5. The maximum absolute atomic E-state index is 13.7. The van der Waals surface area contributed by atoms with E-state index in [2.05, 4.69) is 27.7 Å². The van der Waals surface area contributed by atoms with E-state index in [-0.39, 0.29) is 24.8 Å². The first-order valence-corrected chi connectivity index (χ1v) is 22.0. The zero-order chi connectivity index (χ0) is 44.8. The summed E-state index contributed by atoms with van der Waals surface area (Å²) in [6, 6.07) is 1.75. The van der Waals surface area contributed by atoms with Gasteiger partial charge in [-0.2, -0.15) is 0 Å². The van der Waals surface area contributed by atoms with E-state index in [0.717, 1.165) is 63.5 Å². The Bertz CT molecular complexity index is 1510. The third-order valence-corrected chi connectivity index (χ3v) is 11.2. The number of Topliss-reactive ketones (excluding diaryl/α,β-unsaturated/α-hetero) is 3. The van der Waals surface area contributed by atoms with Crippen LogP contribution in [0.25, 0.3) is 0 Å². The molecule has 336 valence electrons. The number of carboxylic acid groups (broad SMARTS) is 2. The number of ether oxygens (including phenoxy) is 4. The van der Waals surface area contributed by atoms with Crippen molar-refractivity contribution in [3.63, 3.8) is 0 Å². The number of hydrogen-bond acceptors (Lipinski definition) is 10. The number of benzene rings is 1. The molecule has 0 aliphatic rings. The van der Waals surface area contributed by atoms with Gasteiger partial charge in [-0.25, -0.2) is 14.4 Å². The van der Waals surface area contributed by atoms with Crippen molar-refractivity contribution in [2.24, 2.45) is 11.8 Å². The van der Waals surface area contributed by atoms with Crippen LogP contribution < -0.4 is 0 Å². The Labute approximate surface area is 353 Å². The summed E-state index contributed by atoms with van der Waals surface area (Å²) in [4.78, 5) is 77.1. The lowest BCUT2D eigenvalue weighted by Crippen LogP contribution is -2.37. The molecule has 0 aromatic heterocycles. The van der Waals surface area contributed by atoms with Gasteiger partial charge in [-0.15, -0.1) is 0 Å². The minimum Gasteiger partial charge on any atom is -0.478 e.